The van der Waals surface area contributed by atoms with Crippen LogP contribution in [0.1, 0.15) is 33.4 Å². The second-order valence-corrected chi connectivity index (χ2v) is 16.7. The fraction of sp³-hybridized carbons (Fsp3) is 0.0690. The standard InChI is InChI=1S/C58H42N2/c1-37-30-38(2)32-44(31-37)57-49-28-26-46(60-55-24-11-6-17-42(55)34-43-18-7-12-25-56(43)60)36-52(49)58(48-21-13-19-39-14-3-8-20-47(39)48)50-29-27-45(35-51(50)57)59-53-22-9-4-15-40(53)33-41-16-5-10-23-54(41)59/h3-32,35-36H,33-34H2,1-2H3. The van der Waals surface area contributed by atoms with Gasteiger partial charge in [0.2, 0.25) is 0 Å². The summed E-state index contributed by atoms with van der Waals surface area (Å²) in [6, 6.07) is 72.8. The molecule has 2 aliphatic heterocycles. The maximum Gasteiger partial charge on any atom is 0.0497 e. The first-order valence-electron chi connectivity index (χ1n) is 21.1. The summed E-state index contributed by atoms with van der Waals surface area (Å²) < 4.78 is 0. The average Bonchev–Trinajstić information content (AvgIpc) is 3.28. The van der Waals surface area contributed by atoms with Crippen molar-refractivity contribution < 1.29 is 0 Å². The molecule has 284 valence electrons. The number of anilines is 6. The van der Waals surface area contributed by atoms with Gasteiger partial charge in [-0.05, 0) is 139 Å². The Morgan fingerprint density at radius 3 is 1.30 bits per heavy atom. The second kappa shape index (κ2) is 13.6. The Hall–Kier alpha value is -7.42. The highest BCUT2D eigenvalue weighted by atomic mass is 15.2. The Labute approximate surface area is 351 Å². The molecule has 0 saturated carbocycles. The summed E-state index contributed by atoms with van der Waals surface area (Å²) in [5.74, 6) is 0. The summed E-state index contributed by atoms with van der Waals surface area (Å²) in [5.41, 5.74) is 20.2. The van der Waals surface area contributed by atoms with E-state index in [2.05, 4.69) is 218 Å². The van der Waals surface area contributed by atoms with Crippen LogP contribution < -0.4 is 9.80 Å². The fourth-order valence-corrected chi connectivity index (χ4v) is 10.4. The van der Waals surface area contributed by atoms with Gasteiger partial charge in [0, 0.05) is 47.0 Å². The van der Waals surface area contributed by atoms with Crippen molar-refractivity contribution in [2.75, 3.05) is 9.80 Å². The van der Waals surface area contributed by atoms with Crippen LogP contribution in [0.5, 0.6) is 0 Å². The lowest BCUT2D eigenvalue weighted by atomic mass is 9.83. The molecule has 10 aromatic rings. The van der Waals surface area contributed by atoms with E-state index in [-0.39, 0.29) is 0 Å². The molecule has 0 unspecified atom stereocenters. The summed E-state index contributed by atoms with van der Waals surface area (Å²) >= 11 is 0. The molecule has 0 spiro atoms. The molecule has 0 saturated heterocycles. The number of aryl methyl sites for hydroxylation is 2. The molecule has 2 aliphatic rings. The summed E-state index contributed by atoms with van der Waals surface area (Å²) in [5, 5.41) is 7.47. The lowest BCUT2D eigenvalue weighted by Gasteiger charge is -2.34. The first kappa shape index (κ1) is 34.6. The normalized spacial score (nSPS) is 13.0. The predicted octanol–water partition coefficient (Wildman–Crippen LogP) is 15.8. The van der Waals surface area contributed by atoms with E-state index >= 15 is 0 Å². The van der Waals surface area contributed by atoms with E-state index in [1.54, 1.807) is 0 Å². The highest BCUT2D eigenvalue weighted by Crippen LogP contribution is 2.52. The minimum absolute atomic E-state index is 0.924. The molecule has 0 fully saturated rings. The minimum Gasteiger partial charge on any atom is -0.310 e. The Morgan fingerprint density at radius 1 is 0.333 bits per heavy atom. The van der Waals surface area contributed by atoms with Crippen LogP contribution in [0.2, 0.25) is 0 Å². The first-order chi connectivity index (χ1) is 29.6. The van der Waals surface area contributed by atoms with Crippen LogP contribution in [0.15, 0.2) is 194 Å². The van der Waals surface area contributed by atoms with Gasteiger partial charge in [-0.2, -0.15) is 0 Å². The zero-order chi connectivity index (χ0) is 39.9. The molecule has 0 atom stereocenters. The van der Waals surface area contributed by atoms with Crippen LogP contribution in [-0.4, -0.2) is 0 Å². The van der Waals surface area contributed by atoms with Gasteiger partial charge in [-0.1, -0.05) is 157 Å². The third-order valence-electron chi connectivity index (χ3n) is 12.9. The smallest absolute Gasteiger partial charge is 0.0497 e. The van der Waals surface area contributed by atoms with Crippen molar-refractivity contribution in [1.82, 2.24) is 0 Å². The van der Waals surface area contributed by atoms with Crippen molar-refractivity contribution in [3.05, 3.63) is 228 Å². The van der Waals surface area contributed by atoms with Crippen LogP contribution in [0.4, 0.5) is 34.1 Å². The van der Waals surface area contributed by atoms with Crippen molar-refractivity contribution in [3.63, 3.8) is 0 Å². The van der Waals surface area contributed by atoms with E-state index < -0.39 is 0 Å². The Bertz CT molecular complexity index is 3260. The number of para-hydroxylation sites is 4. The van der Waals surface area contributed by atoms with Gasteiger partial charge in [0.25, 0.3) is 0 Å². The molecule has 0 radical (unpaired) electrons. The molecule has 2 nitrogen and oxygen atoms in total. The highest BCUT2D eigenvalue weighted by Gasteiger charge is 2.28. The van der Waals surface area contributed by atoms with Gasteiger partial charge in [0.1, 0.15) is 0 Å². The molecule has 10 aromatic carbocycles. The largest absolute Gasteiger partial charge is 0.310 e. The number of benzene rings is 10. The lowest BCUT2D eigenvalue weighted by Crippen LogP contribution is -2.18. The maximum absolute atomic E-state index is 2.48. The number of hydrogen-bond acceptors (Lipinski definition) is 2. The predicted molar refractivity (Wildman–Crippen MR) is 254 cm³/mol. The molecule has 0 bridgehead atoms. The lowest BCUT2D eigenvalue weighted by molar-refractivity contribution is 1.09. The molecule has 0 amide bonds. The molecule has 12 rings (SSSR count). The van der Waals surface area contributed by atoms with Crippen LogP contribution >= 0.6 is 0 Å². The summed E-state index contributed by atoms with van der Waals surface area (Å²) in [7, 11) is 0. The van der Waals surface area contributed by atoms with Crippen molar-refractivity contribution in [1.29, 1.82) is 0 Å². The molecule has 0 aromatic heterocycles. The first-order valence-corrected chi connectivity index (χ1v) is 21.1. The number of nitrogens with zero attached hydrogens (tertiary/aromatic N) is 2. The molecule has 2 heteroatoms. The molecule has 60 heavy (non-hydrogen) atoms. The topological polar surface area (TPSA) is 6.48 Å². The zero-order valence-corrected chi connectivity index (χ0v) is 33.8. The van der Waals surface area contributed by atoms with Crippen molar-refractivity contribution in [3.8, 4) is 22.3 Å². The van der Waals surface area contributed by atoms with Crippen molar-refractivity contribution in [2.24, 2.45) is 0 Å². The van der Waals surface area contributed by atoms with Gasteiger partial charge in [0.05, 0.1) is 0 Å². The van der Waals surface area contributed by atoms with E-state index in [0.717, 1.165) is 24.2 Å². The molecule has 0 N–H and O–H groups in total. The van der Waals surface area contributed by atoms with Gasteiger partial charge < -0.3 is 9.80 Å². The Kier molecular flexibility index (Phi) is 7.83. The number of fused-ring (bicyclic) bond motifs is 7. The second-order valence-electron chi connectivity index (χ2n) is 16.7. The van der Waals surface area contributed by atoms with Gasteiger partial charge in [0.15, 0.2) is 0 Å². The maximum atomic E-state index is 2.48. The average molecular weight is 767 g/mol. The van der Waals surface area contributed by atoms with E-state index in [4.69, 9.17) is 0 Å². The Balaban J connectivity index is 1.22. The third kappa shape index (κ3) is 5.41. The van der Waals surface area contributed by atoms with Crippen LogP contribution in [0.25, 0.3) is 54.6 Å². The van der Waals surface area contributed by atoms with E-state index in [1.807, 2.05) is 0 Å². The molecular formula is C58H42N2. The number of rotatable bonds is 4. The highest BCUT2D eigenvalue weighted by molar-refractivity contribution is 6.24. The summed E-state index contributed by atoms with van der Waals surface area (Å²) in [4.78, 5) is 4.96. The summed E-state index contributed by atoms with van der Waals surface area (Å²) in [6.45, 7) is 4.45. The van der Waals surface area contributed by atoms with Gasteiger partial charge in [-0.25, -0.2) is 0 Å². The SMILES string of the molecule is Cc1cc(C)cc(-c2c3cc(N4c5ccccc5Cc5ccccc54)ccc3c(-c3cccc4ccccc34)c3cc(N4c5ccccc5Cc5ccccc54)ccc23)c1. The van der Waals surface area contributed by atoms with Gasteiger partial charge >= 0.3 is 0 Å². The zero-order valence-electron chi connectivity index (χ0n) is 33.8. The van der Waals surface area contributed by atoms with E-state index in [9.17, 15) is 0 Å². The van der Waals surface area contributed by atoms with Crippen molar-refractivity contribution >= 4 is 66.4 Å². The minimum atomic E-state index is 0.924. The number of hydrogen-bond donors (Lipinski definition) is 0. The fourth-order valence-electron chi connectivity index (χ4n) is 10.4. The summed E-state index contributed by atoms with van der Waals surface area (Å²) in [6.07, 6.45) is 1.85. The van der Waals surface area contributed by atoms with Crippen molar-refractivity contribution in [2.45, 2.75) is 26.7 Å². The Morgan fingerprint density at radius 2 is 0.767 bits per heavy atom. The third-order valence-corrected chi connectivity index (χ3v) is 12.9. The quantitative estimate of drug-likeness (QED) is 0.165. The molecule has 0 aliphatic carbocycles. The van der Waals surface area contributed by atoms with Crippen LogP contribution in [0.3, 0.4) is 0 Å². The van der Waals surface area contributed by atoms with Gasteiger partial charge in [-0.3, -0.25) is 0 Å². The van der Waals surface area contributed by atoms with Gasteiger partial charge in [-0.15, -0.1) is 0 Å². The molecule has 2 heterocycles. The van der Waals surface area contributed by atoms with Crippen LogP contribution in [0, 0.1) is 13.8 Å². The molecular weight excluding hydrogens is 725 g/mol. The van der Waals surface area contributed by atoms with Crippen LogP contribution in [-0.2, 0) is 12.8 Å². The monoisotopic (exact) mass is 766 g/mol. The van der Waals surface area contributed by atoms with E-state index in [0.29, 0.717) is 0 Å². The van der Waals surface area contributed by atoms with E-state index in [1.165, 1.54) is 111 Å².